The Morgan fingerprint density at radius 3 is 2.55 bits per heavy atom. The Hall–Kier alpha value is -1.26. The Balaban J connectivity index is 1.88. The lowest BCUT2D eigenvalue weighted by Crippen LogP contribution is -2.45. The molecule has 0 bridgehead atoms. The minimum atomic E-state index is -0.754. The Bertz CT molecular complexity index is 364. The largest absolute Gasteiger partial charge is 0.481 e. The molecule has 1 saturated carbocycles. The van der Waals surface area contributed by atoms with Crippen molar-refractivity contribution >= 4 is 12.0 Å². The lowest BCUT2D eigenvalue weighted by Gasteiger charge is -2.36. The second-order valence-corrected chi connectivity index (χ2v) is 6.63. The number of carbonyl (C=O) groups is 2. The zero-order valence-corrected chi connectivity index (χ0v) is 12.4. The molecule has 0 aromatic heterocycles. The zero-order valence-electron chi connectivity index (χ0n) is 12.4. The van der Waals surface area contributed by atoms with Crippen molar-refractivity contribution < 1.29 is 14.7 Å². The summed E-state index contributed by atoms with van der Waals surface area (Å²) >= 11 is 0. The minimum absolute atomic E-state index is 0.0234. The van der Waals surface area contributed by atoms with E-state index in [4.69, 9.17) is 5.11 Å². The van der Waals surface area contributed by atoms with Gasteiger partial charge in [0.2, 0.25) is 0 Å². The summed E-state index contributed by atoms with van der Waals surface area (Å²) < 4.78 is 0. The average Bonchev–Trinajstić information content (AvgIpc) is 2.83. The first kappa shape index (κ1) is 15.1. The van der Waals surface area contributed by atoms with Crippen molar-refractivity contribution in [2.75, 3.05) is 19.6 Å². The Labute approximate surface area is 120 Å². The number of carboxylic acid groups (broad SMARTS) is 1. The molecule has 1 aliphatic carbocycles. The highest BCUT2D eigenvalue weighted by Gasteiger charge is 2.35. The van der Waals surface area contributed by atoms with E-state index in [-0.39, 0.29) is 17.9 Å². The van der Waals surface area contributed by atoms with E-state index >= 15 is 0 Å². The third kappa shape index (κ3) is 3.87. The zero-order chi connectivity index (χ0) is 14.6. The number of likely N-dealkylation sites (tertiary alicyclic amines) is 1. The van der Waals surface area contributed by atoms with Gasteiger partial charge in [-0.15, -0.1) is 0 Å². The number of carbonyl (C=O) groups excluding carboxylic acids is 1. The van der Waals surface area contributed by atoms with Crippen molar-refractivity contribution in [1.82, 2.24) is 10.2 Å². The fourth-order valence-electron chi connectivity index (χ4n) is 3.53. The van der Waals surface area contributed by atoms with E-state index in [1.807, 2.05) is 4.90 Å². The van der Waals surface area contributed by atoms with Gasteiger partial charge in [0, 0.05) is 19.6 Å². The maximum Gasteiger partial charge on any atom is 0.317 e. The molecule has 1 unspecified atom stereocenters. The second kappa shape index (κ2) is 6.46. The number of hydrogen-bond acceptors (Lipinski definition) is 2. The van der Waals surface area contributed by atoms with E-state index in [0.717, 1.165) is 45.2 Å². The Morgan fingerprint density at radius 2 is 2.00 bits per heavy atom. The van der Waals surface area contributed by atoms with Crippen molar-refractivity contribution in [1.29, 1.82) is 0 Å². The molecule has 2 fully saturated rings. The van der Waals surface area contributed by atoms with Gasteiger partial charge in [0.05, 0.1) is 6.42 Å². The predicted octanol–water partition coefficient (Wildman–Crippen LogP) is 2.46. The number of nitrogens with zero attached hydrogens (tertiary/aromatic N) is 1. The molecule has 0 aromatic carbocycles. The predicted molar refractivity (Wildman–Crippen MR) is 76.5 cm³/mol. The third-order valence-corrected chi connectivity index (χ3v) is 4.77. The molecule has 2 amide bonds. The van der Waals surface area contributed by atoms with E-state index in [2.05, 4.69) is 12.2 Å². The molecule has 5 heteroatoms. The van der Waals surface area contributed by atoms with Crippen LogP contribution in [0.1, 0.15) is 51.9 Å². The molecule has 114 valence electrons. The third-order valence-electron chi connectivity index (χ3n) is 4.77. The summed E-state index contributed by atoms with van der Waals surface area (Å²) in [5, 5.41) is 12.1. The van der Waals surface area contributed by atoms with Gasteiger partial charge in [0.15, 0.2) is 0 Å². The quantitative estimate of drug-likeness (QED) is 0.832. The van der Waals surface area contributed by atoms with Crippen LogP contribution < -0.4 is 5.32 Å². The lowest BCUT2D eigenvalue weighted by atomic mass is 9.72. The molecule has 2 aliphatic rings. The Morgan fingerprint density at radius 1 is 1.30 bits per heavy atom. The highest BCUT2D eigenvalue weighted by atomic mass is 16.4. The number of amides is 2. The summed E-state index contributed by atoms with van der Waals surface area (Å²) in [4.78, 5) is 25.1. The topological polar surface area (TPSA) is 69.6 Å². The fourth-order valence-corrected chi connectivity index (χ4v) is 3.53. The van der Waals surface area contributed by atoms with Crippen molar-refractivity contribution in [3.05, 3.63) is 0 Å². The molecule has 0 aromatic rings. The van der Waals surface area contributed by atoms with Gasteiger partial charge < -0.3 is 15.3 Å². The first-order valence-electron chi connectivity index (χ1n) is 7.75. The molecular formula is C15H26N2O3. The Kier molecular flexibility index (Phi) is 4.89. The van der Waals surface area contributed by atoms with Crippen LogP contribution >= 0.6 is 0 Å². The van der Waals surface area contributed by atoms with E-state index in [9.17, 15) is 9.59 Å². The number of hydrogen-bond donors (Lipinski definition) is 2. The highest BCUT2D eigenvalue weighted by molar-refractivity contribution is 5.74. The summed E-state index contributed by atoms with van der Waals surface area (Å²) in [7, 11) is 0. The molecule has 1 atom stereocenters. The molecule has 0 radical (unpaired) electrons. The summed E-state index contributed by atoms with van der Waals surface area (Å²) in [5.74, 6) is -0.181. The summed E-state index contributed by atoms with van der Waals surface area (Å²) in [5.41, 5.74) is -0.231. The smallest absolute Gasteiger partial charge is 0.317 e. The van der Waals surface area contributed by atoms with Gasteiger partial charge in [-0.05, 0) is 30.6 Å². The normalized spacial score (nSPS) is 25.4. The van der Waals surface area contributed by atoms with Crippen LogP contribution in [-0.4, -0.2) is 41.6 Å². The molecule has 5 nitrogen and oxygen atoms in total. The van der Waals surface area contributed by atoms with Gasteiger partial charge in [0.25, 0.3) is 0 Å². The number of carboxylic acids is 1. The fraction of sp³-hybridized carbons (Fsp3) is 0.867. The summed E-state index contributed by atoms with van der Waals surface area (Å²) in [6.07, 6.45) is 6.39. The van der Waals surface area contributed by atoms with Crippen LogP contribution in [-0.2, 0) is 4.79 Å². The molecule has 2 N–H and O–H groups in total. The summed E-state index contributed by atoms with van der Waals surface area (Å²) in [6.45, 7) is 4.29. The van der Waals surface area contributed by atoms with Crippen LogP contribution in [0.25, 0.3) is 0 Å². The van der Waals surface area contributed by atoms with Crippen molar-refractivity contribution in [2.45, 2.75) is 51.9 Å². The monoisotopic (exact) mass is 282 g/mol. The molecule has 20 heavy (non-hydrogen) atoms. The molecule has 1 aliphatic heterocycles. The first-order valence-corrected chi connectivity index (χ1v) is 7.75. The van der Waals surface area contributed by atoms with Crippen LogP contribution in [0, 0.1) is 11.3 Å². The SMILES string of the molecule is CC1CCN(C(=O)NCC2(CC(=O)O)CCCCC2)C1. The molecule has 0 spiro atoms. The second-order valence-electron chi connectivity index (χ2n) is 6.63. The molecular weight excluding hydrogens is 256 g/mol. The van der Waals surface area contributed by atoms with E-state index in [0.29, 0.717) is 12.5 Å². The van der Waals surface area contributed by atoms with Crippen molar-refractivity contribution in [3.8, 4) is 0 Å². The van der Waals surface area contributed by atoms with Crippen LogP contribution in [0.4, 0.5) is 4.79 Å². The maximum atomic E-state index is 12.1. The van der Waals surface area contributed by atoms with E-state index in [1.165, 1.54) is 6.42 Å². The lowest BCUT2D eigenvalue weighted by molar-refractivity contribution is -0.140. The van der Waals surface area contributed by atoms with Gasteiger partial charge in [-0.2, -0.15) is 0 Å². The van der Waals surface area contributed by atoms with Crippen LogP contribution in [0.15, 0.2) is 0 Å². The van der Waals surface area contributed by atoms with Gasteiger partial charge in [-0.3, -0.25) is 4.79 Å². The number of rotatable bonds is 4. The minimum Gasteiger partial charge on any atom is -0.481 e. The number of nitrogens with one attached hydrogen (secondary N) is 1. The highest BCUT2D eigenvalue weighted by Crippen LogP contribution is 2.38. The van der Waals surface area contributed by atoms with Gasteiger partial charge in [-0.1, -0.05) is 26.2 Å². The van der Waals surface area contributed by atoms with E-state index < -0.39 is 5.97 Å². The van der Waals surface area contributed by atoms with Gasteiger partial charge in [0.1, 0.15) is 0 Å². The van der Waals surface area contributed by atoms with Crippen molar-refractivity contribution in [2.24, 2.45) is 11.3 Å². The van der Waals surface area contributed by atoms with Gasteiger partial charge in [-0.25, -0.2) is 4.79 Å². The van der Waals surface area contributed by atoms with Gasteiger partial charge >= 0.3 is 12.0 Å². The first-order chi connectivity index (χ1) is 9.51. The maximum absolute atomic E-state index is 12.1. The average molecular weight is 282 g/mol. The summed E-state index contributed by atoms with van der Waals surface area (Å²) in [6, 6.07) is -0.0234. The molecule has 1 saturated heterocycles. The van der Waals surface area contributed by atoms with Crippen LogP contribution in [0.3, 0.4) is 0 Å². The standard InChI is InChI=1S/C15H26N2O3/c1-12-5-8-17(10-12)14(20)16-11-15(9-13(18)19)6-3-2-4-7-15/h12H,2-11H2,1H3,(H,16,20)(H,18,19). The molecule has 1 heterocycles. The van der Waals surface area contributed by atoms with E-state index in [1.54, 1.807) is 0 Å². The van der Waals surface area contributed by atoms with Crippen LogP contribution in [0.2, 0.25) is 0 Å². The van der Waals surface area contributed by atoms with Crippen molar-refractivity contribution in [3.63, 3.8) is 0 Å². The number of urea groups is 1. The van der Waals surface area contributed by atoms with Crippen LogP contribution in [0.5, 0.6) is 0 Å². The molecule has 2 rings (SSSR count). The number of aliphatic carboxylic acids is 1.